The largest absolute Gasteiger partial charge is 0.478 e. The lowest BCUT2D eigenvalue weighted by atomic mass is 9.76. The number of benzene rings is 2. The van der Waals surface area contributed by atoms with Crippen molar-refractivity contribution in [3.8, 4) is 0 Å². The Morgan fingerprint density at radius 2 is 1.85 bits per heavy atom. The summed E-state index contributed by atoms with van der Waals surface area (Å²) in [5.41, 5.74) is 3.94. The number of carboxylic acids is 1. The van der Waals surface area contributed by atoms with Gasteiger partial charge in [0, 0.05) is 11.6 Å². The third-order valence-electron chi connectivity index (χ3n) is 5.30. The van der Waals surface area contributed by atoms with Gasteiger partial charge in [0.15, 0.2) is 0 Å². The number of fused-ring (bicyclic) bond motifs is 3. The van der Waals surface area contributed by atoms with Crippen LogP contribution >= 0.6 is 0 Å². The first-order chi connectivity index (χ1) is 12.6. The van der Waals surface area contributed by atoms with Gasteiger partial charge in [0.05, 0.1) is 24.3 Å². The fraction of sp³-hybridized carbons (Fsp3) is 0.238. The Hall–Kier alpha value is -3.08. The number of aromatic carboxylic acids is 1. The molecule has 2 aromatic carbocycles. The van der Waals surface area contributed by atoms with E-state index >= 15 is 0 Å². The van der Waals surface area contributed by atoms with E-state index in [1.165, 1.54) is 7.11 Å². The SMILES string of the molecule is COC(=O)c1ccc([C@H]2Nc3ccc(C(=O)O)cc3[C@@H]3C=CC[C@@H]23)cc1. The highest BCUT2D eigenvalue weighted by molar-refractivity contribution is 5.89. The first-order valence-corrected chi connectivity index (χ1v) is 8.57. The van der Waals surface area contributed by atoms with Crippen LogP contribution in [0.5, 0.6) is 0 Å². The number of rotatable bonds is 3. The van der Waals surface area contributed by atoms with Crippen molar-refractivity contribution in [2.24, 2.45) is 5.92 Å². The standard InChI is InChI=1S/C21H19NO4/c1-26-21(25)13-7-5-12(6-8-13)19-16-4-2-3-15(16)17-11-14(20(23)24)9-10-18(17)22-19/h2-3,5-11,15-16,19,22H,4H2,1H3,(H,23,24)/t15-,16-,19-/m1/s1. The summed E-state index contributed by atoms with van der Waals surface area (Å²) in [6.45, 7) is 0. The number of allylic oxidation sites excluding steroid dienone is 2. The molecule has 0 saturated heterocycles. The van der Waals surface area contributed by atoms with Crippen LogP contribution in [0.3, 0.4) is 0 Å². The third kappa shape index (κ3) is 2.65. The summed E-state index contributed by atoms with van der Waals surface area (Å²) >= 11 is 0. The minimum atomic E-state index is -0.910. The second-order valence-corrected chi connectivity index (χ2v) is 6.70. The molecule has 2 aliphatic rings. The predicted molar refractivity (Wildman–Crippen MR) is 97.5 cm³/mol. The van der Waals surface area contributed by atoms with E-state index in [2.05, 4.69) is 17.5 Å². The fourth-order valence-corrected chi connectivity index (χ4v) is 4.00. The maximum absolute atomic E-state index is 11.6. The highest BCUT2D eigenvalue weighted by atomic mass is 16.5. The van der Waals surface area contributed by atoms with E-state index in [4.69, 9.17) is 4.74 Å². The van der Waals surface area contributed by atoms with Crippen LogP contribution in [0.2, 0.25) is 0 Å². The van der Waals surface area contributed by atoms with Gasteiger partial charge in [-0.05, 0) is 53.8 Å². The van der Waals surface area contributed by atoms with Crippen LogP contribution in [0.1, 0.15) is 50.2 Å². The fourth-order valence-electron chi connectivity index (χ4n) is 4.00. The summed E-state index contributed by atoms with van der Waals surface area (Å²) in [6.07, 6.45) is 5.26. The van der Waals surface area contributed by atoms with Gasteiger partial charge in [-0.15, -0.1) is 0 Å². The topological polar surface area (TPSA) is 75.6 Å². The van der Waals surface area contributed by atoms with Crippen molar-refractivity contribution in [3.63, 3.8) is 0 Å². The second-order valence-electron chi connectivity index (χ2n) is 6.70. The van der Waals surface area contributed by atoms with Gasteiger partial charge in [0.2, 0.25) is 0 Å². The predicted octanol–water partition coefficient (Wildman–Crippen LogP) is 4.00. The number of methoxy groups -OCH3 is 1. The van der Waals surface area contributed by atoms with E-state index in [-0.39, 0.29) is 17.9 Å². The van der Waals surface area contributed by atoms with Gasteiger partial charge >= 0.3 is 11.9 Å². The molecule has 26 heavy (non-hydrogen) atoms. The molecule has 2 aromatic rings. The molecule has 0 bridgehead atoms. The summed E-state index contributed by atoms with van der Waals surface area (Å²) in [5.74, 6) is -0.752. The second kappa shape index (κ2) is 6.33. The molecule has 0 radical (unpaired) electrons. The molecule has 2 N–H and O–H groups in total. The van der Waals surface area contributed by atoms with Crippen LogP contribution in [0.15, 0.2) is 54.6 Å². The zero-order valence-corrected chi connectivity index (χ0v) is 14.3. The smallest absolute Gasteiger partial charge is 0.337 e. The zero-order chi connectivity index (χ0) is 18.3. The van der Waals surface area contributed by atoms with Gasteiger partial charge in [0.25, 0.3) is 0 Å². The number of nitrogens with one attached hydrogen (secondary N) is 1. The molecule has 0 unspecified atom stereocenters. The quantitative estimate of drug-likeness (QED) is 0.647. The van der Waals surface area contributed by atoms with Crippen LogP contribution in [-0.4, -0.2) is 24.2 Å². The van der Waals surface area contributed by atoms with Gasteiger partial charge in [-0.3, -0.25) is 0 Å². The van der Waals surface area contributed by atoms with Crippen molar-refractivity contribution < 1.29 is 19.4 Å². The molecule has 1 aliphatic heterocycles. The number of ether oxygens (including phenoxy) is 1. The van der Waals surface area contributed by atoms with E-state index in [0.29, 0.717) is 17.0 Å². The number of hydrogen-bond acceptors (Lipinski definition) is 4. The number of anilines is 1. The third-order valence-corrected chi connectivity index (χ3v) is 5.30. The average molecular weight is 349 g/mol. The summed E-state index contributed by atoms with van der Waals surface area (Å²) in [4.78, 5) is 22.9. The molecule has 0 spiro atoms. The Morgan fingerprint density at radius 3 is 2.54 bits per heavy atom. The molecule has 0 aromatic heterocycles. The maximum atomic E-state index is 11.6. The molecule has 1 heterocycles. The molecule has 132 valence electrons. The lowest BCUT2D eigenvalue weighted by Gasteiger charge is -2.37. The Kier molecular flexibility index (Phi) is 3.99. The molecule has 0 amide bonds. The molecule has 0 fully saturated rings. The minimum absolute atomic E-state index is 0.102. The van der Waals surface area contributed by atoms with Crippen molar-refractivity contribution in [2.45, 2.75) is 18.4 Å². The van der Waals surface area contributed by atoms with E-state index in [9.17, 15) is 14.7 Å². The monoisotopic (exact) mass is 349 g/mol. The van der Waals surface area contributed by atoms with Crippen molar-refractivity contribution >= 4 is 17.6 Å². The Labute approximate surface area is 151 Å². The van der Waals surface area contributed by atoms with Crippen LogP contribution < -0.4 is 5.32 Å². The van der Waals surface area contributed by atoms with E-state index < -0.39 is 5.97 Å². The molecular weight excluding hydrogens is 330 g/mol. The molecule has 0 saturated carbocycles. The van der Waals surface area contributed by atoms with E-state index in [1.807, 2.05) is 18.2 Å². The van der Waals surface area contributed by atoms with E-state index in [1.54, 1.807) is 24.3 Å². The number of carboxylic acid groups (broad SMARTS) is 1. The number of hydrogen-bond donors (Lipinski definition) is 2. The molecule has 5 heteroatoms. The molecular formula is C21H19NO4. The van der Waals surface area contributed by atoms with Crippen molar-refractivity contribution in [1.82, 2.24) is 0 Å². The Morgan fingerprint density at radius 1 is 1.12 bits per heavy atom. The van der Waals surface area contributed by atoms with Crippen LogP contribution in [0.25, 0.3) is 0 Å². The maximum Gasteiger partial charge on any atom is 0.337 e. The summed E-state index contributed by atoms with van der Waals surface area (Å²) < 4.78 is 4.76. The van der Waals surface area contributed by atoms with Gasteiger partial charge in [-0.2, -0.15) is 0 Å². The number of esters is 1. The molecule has 3 atom stereocenters. The summed E-state index contributed by atoms with van der Waals surface area (Å²) in [7, 11) is 1.37. The first-order valence-electron chi connectivity index (χ1n) is 8.57. The normalized spacial score (nSPS) is 22.9. The number of carbonyl (C=O) groups excluding carboxylic acids is 1. The number of carbonyl (C=O) groups is 2. The van der Waals surface area contributed by atoms with Crippen molar-refractivity contribution in [1.29, 1.82) is 0 Å². The molecule has 5 nitrogen and oxygen atoms in total. The van der Waals surface area contributed by atoms with Gasteiger partial charge in [-0.25, -0.2) is 9.59 Å². The van der Waals surface area contributed by atoms with Gasteiger partial charge in [0.1, 0.15) is 0 Å². The summed E-state index contributed by atoms with van der Waals surface area (Å²) in [6, 6.07) is 12.8. The Bertz CT molecular complexity index is 901. The highest BCUT2D eigenvalue weighted by Crippen LogP contribution is 2.49. The molecule has 4 rings (SSSR count). The highest BCUT2D eigenvalue weighted by Gasteiger charge is 2.38. The Balaban J connectivity index is 1.69. The first kappa shape index (κ1) is 16.4. The van der Waals surface area contributed by atoms with Crippen LogP contribution in [0.4, 0.5) is 5.69 Å². The average Bonchev–Trinajstić information content (AvgIpc) is 3.16. The lowest BCUT2D eigenvalue weighted by molar-refractivity contribution is 0.0599. The van der Waals surface area contributed by atoms with Crippen molar-refractivity contribution in [3.05, 3.63) is 76.9 Å². The van der Waals surface area contributed by atoms with Crippen LogP contribution in [0, 0.1) is 5.92 Å². The minimum Gasteiger partial charge on any atom is -0.478 e. The summed E-state index contributed by atoms with van der Waals surface area (Å²) in [5, 5.41) is 12.8. The molecule has 1 aliphatic carbocycles. The van der Waals surface area contributed by atoms with Crippen molar-refractivity contribution in [2.75, 3.05) is 12.4 Å². The zero-order valence-electron chi connectivity index (χ0n) is 14.3. The van der Waals surface area contributed by atoms with Gasteiger partial charge < -0.3 is 15.2 Å². The van der Waals surface area contributed by atoms with Crippen LogP contribution in [-0.2, 0) is 4.74 Å². The lowest BCUT2D eigenvalue weighted by Crippen LogP contribution is -2.29. The van der Waals surface area contributed by atoms with E-state index in [0.717, 1.165) is 23.2 Å². The van der Waals surface area contributed by atoms with Gasteiger partial charge in [-0.1, -0.05) is 24.3 Å².